The topological polar surface area (TPSA) is 0 Å². The zero-order valence-electron chi connectivity index (χ0n) is 18.7. The molecule has 150 valence electrons. The Balaban J connectivity index is 1.79. The molecule has 3 aliphatic rings. The summed E-state index contributed by atoms with van der Waals surface area (Å²) >= 11 is 0. The summed E-state index contributed by atoms with van der Waals surface area (Å²) in [6.07, 6.45) is 14.5. The van der Waals surface area contributed by atoms with Crippen LogP contribution in [0.2, 0.25) is 0 Å². The maximum atomic E-state index is 4.15. The minimum absolute atomic E-state index is 0.560. The van der Waals surface area contributed by atoms with Crippen LogP contribution in [0.25, 0.3) is 0 Å². The van der Waals surface area contributed by atoms with Crippen molar-refractivity contribution >= 4 is 0 Å². The third kappa shape index (κ3) is 3.81. The fraction of sp³-hybridized carbons (Fsp3) is 0.923. The van der Waals surface area contributed by atoms with Crippen molar-refractivity contribution in [2.45, 2.75) is 106 Å². The Hall–Kier alpha value is -0.260. The predicted molar refractivity (Wildman–Crippen MR) is 115 cm³/mol. The lowest BCUT2D eigenvalue weighted by atomic mass is 9.50. The predicted octanol–water partition coefficient (Wildman–Crippen LogP) is 8.27. The molecule has 0 saturated heterocycles. The first-order chi connectivity index (χ1) is 12.1. The normalized spacial score (nSPS) is 43.7. The van der Waals surface area contributed by atoms with E-state index in [1.54, 1.807) is 0 Å². The highest BCUT2D eigenvalue weighted by Crippen LogP contribution is 2.65. The van der Waals surface area contributed by atoms with Gasteiger partial charge in [0.25, 0.3) is 0 Å². The van der Waals surface area contributed by atoms with Crippen molar-refractivity contribution in [3.63, 3.8) is 0 Å². The maximum Gasteiger partial charge on any atom is -0.0264 e. The molecule has 7 unspecified atom stereocenters. The van der Waals surface area contributed by atoms with Crippen molar-refractivity contribution in [2.24, 2.45) is 46.3 Å². The van der Waals surface area contributed by atoms with Crippen LogP contribution in [0.3, 0.4) is 0 Å². The van der Waals surface area contributed by atoms with Crippen LogP contribution in [-0.4, -0.2) is 0 Å². The van der Waals surface area contributed by atoms with Crippen LogP contribution >= 0.6 is 0 Å². The van der Waals surface area contributed by atoms with Gasteiger partial charge in [0.15, 0.2) is 0 Å². The molecule has 7 atom stereocenters. The Kier molecular flexibility index (Phi) is 6.01. The summed E-state index contributed by atoms with van der Waals surface area (Å²) < 4.78 is 0. The van der Waals surface area contributed by atoms with Gasteiger partial charge in [-0.3, -0.25) is 0 Å². The van der Waals surface area contributed by atoms with Gasteiger partial charge in [-0.1, -0.05) is 53.0 Å². The first-order valence-electron chi connectivity index (χ1n) is 11.8. The second-order valence-electron chi connectivity index (χ2n) is 11.8. The molecule has 0 heteroatoms. The number of hydrogen-bond acceptors (Lipinski definition) is 0. The Morgan fingerprint density at radius 2 is 1.69 bits per heavy atom. The van der Waals surface area contributed by atoms with Crippen LogP contribution in [0.15, 0.2) is 12.2 Å². The van der Waals surface area contributed by atoms with E-state index < -0.39 is 0 Å². The number of hydrogen-bond donors (Lipinski definition) is 0. The average Bonchev–Trinajstić information content (AvgIpc) is 2.92. The van der Waals surface area contributed by atoms with Gasteiger partial charge in [-0.2, -0.15) is 0 Å². The lowest BCUT2D eigenvalue weighted by Crippen LogP contribution is -2.47. The highest BCUT2D eigenvalue weighted by molar-refractivity contribution is 5.06. The Labute approximate surface area is 164 Å². The molecule has 0 aliphatic heterocycles. The molecule has 26 heavy (non-hydrogen) atoms. The van der Waals surface area contributed by atoms with E-state index in [-0.39, 0.29) is 0 Å². The largest absolute Gasteiger partial charge is 0.100 e. The fourth-order valence-electron chi connectivity index (χ4n) is 7.74. The smallest absolute Gasteiger partial charge is 0.0264 e. The van der Waals surface area contributed by atoms with Crippen LogP contribution in [0.4, 0.5) is 0 Å². The summed E-state index contributed by atoms with van der Waals surface area (Å²) in [7, 11) is 0. The van der Waals surface area contributed by atoms with E-state index in [1.165, 1.54) is 69.8 Å². The van der Waals surface area contributed by atoms with Gasteiger partial charge in [0.2, 0.25) is 0 Å². The molecule has 3 aliphatic carbocycles. The van der Waals surface area contributed by atoms with Gasteiger partial charge in [0.05, 0.1) is 0 Å². The second kappa shape index (κ2) is 7.63. The monoisotopic (exact) mass is 358 g/mol. The molecule has 3 saturated carbocycles. The molecule has 0 bridgehead atoms. The van der Waals surface area contributed by atoms with Crippen LogP contribution in [0, 0.1) is 46.3 Å². The van der Waals surface area contributed by atoms with E-state index in [2.05, 4.69) is 48.1 Å². The first kappa shape index (κ1) is 20.5. The quantitative estimate of drug-likeness (QED) is 0.443. The van der Waals surface area contributed by atoms with Gasteiger partial charge in [-0.05, 0) is 105 Å². The van der Waals surface area contributed by atoms with Crippen molar-refractivity contribution < 1.29 is 0 Å². The van der Waals surface area contributed by atoms with Crippen molar-refractivity contribution in [3.8, 4) is 0 Å². The highest BCUT2D eigenvalue weighted by atomic mass is 14.6. The Bertz CT molecular complexity index is 500. The van der Waals surface area contributed by atoms with Crippen molar-refractivity contribution in [3.05, 3.63) is 12.2 Å². The SMILES string of the molecule is C=C(C)CCC(C)C1CCC2C3CCC(C)CCC(C)(C)C3CCC12C. The lowest BCUT2D eigenvalue weighted by Gasteiger charge is -2.55. The zero-order valence-corrected chi connectivity index (χ0v) is 18.7. The summed E-state index contributed by atoms with van der Waals surface area (Å²) in [5, 5.41) is 0. The van der Waals surface area contributed by atoms with E-state index >= 15 is 0 Å². The molecule has 0 aromatic rings. The molecule has 3 rings (SSSR count). The number of fused-ring (bicyclic) bond motifs is 3. The molecule has 0 amide bonds. The minimum atomic E-state index is 0.560. The molecule has 0 heterocycles. The Morgan fingerprint density at radius 3 is 2.38 bits per heavy atom. The molecule has 0 nitrogen and oxygen atoms in total. The third-order valence-electron chi connectivity index (χ3n) is 9.50. The molecule has 0 aromatic heterocycles. The van der Waals surface area contributed by atoms with E-state index in [1.807, 2.05) is 0 Å². The number of rotatable bonds is 4. The third-order valence-corrected chi connectivity index (χ3v) is 9.50. The molecular weight excluding hydrogens is 312 g/mol. The van der Waals surface area contributed by atoms with E-state index in [9.17, 15) is 0 Å². The first-order valence-corrected chi connectivity index (χ1v) is 11.8. The van der Waals surface area contributed by atoms with Crippen molar-refractivity contribution in [1.82, 2.24) is 0 Å². The lowest BCUT2D eigenvalue weighted by molar-refractivity contribution is -0.0579. The summed E-state index contributed by atoms with van der Waals surface area (Å²) in [5.74, 6) is 5.76. The van der Waals surface area contributed by atoms with Gasteiger partial charge in [0, 0.05) is 0 Å². The van der Waals surface area contributed by atoms with Crippen LogP contribution in [0.5, 0.6) is 0 Å². The molecular formula is C26H46. The average molecular weight is 359 g/mol. The fourth-order valence-corrected chi connectivity index (χ4v) is 7.74. The number of allylic oxidation sites excluding steroid dienone is 1. The molecule has 0 radical (unpaired) electrons. The van der Waals surface area contributed by atoms with Gasteiger partial charge < -0.3 is 0 Å². The highest BCUT2D eigenvalue weighted by Gasteiger charge is 2.56. The minimum Gasteiger partial charge on any atom is -0.100 e. The van der Waals surface area contributed by atoms with Crippen LogP contribution in [0.1, 0.15) is 106 Å². The van der Waals surface area contributed by atoms with Gasteiger partial charge in [0.1, 0.15) is 0 Å². The second-order valence-corrected chi connectivity index (χ2v) is 11.8. The van der Waals surface area contributed by atoms with Crippen LogP contribution < -0.4 is 0 Å². The summed E-state index contributed by atoms with van der Waals surface area (Å²) in [5.41, 5.74) is 2.55. The van der Waals surface area contributed by atoms with Gasteiger partial charge >= 0.3 is 0 Å². The van der Waals surface area contributed by atoms with Crippen molar-refractivity contribution in [1.29, 1.82) is 0 Å². The Morgan fingerprint density at radius 1 is 0.962 bits per heavy atom. The maximum absolute atomic E-state index is 4.15. The summed E-state index contributed by atoms with van der Waals surface area (Å²) in [6, 6.07) is 0. The molecule has 3 fully saturated rings. The molecule has 0 spiro atoms. The van der Waals surface area contributed by atoms with E-state index in [4.69, 9.17) is 0 Å². The summed E-state index contributed by atoms with van der Waals surface area (Å²) in [4.78, 5) is 0. The van der Waals surface area contributed by atoms with Gasteiger partial charge in [-0.15, -0.1) is 6.58 Å². The molecule has 0 aromatic carbocycles. The summed E-state index contributed by atoms with van der Waals surface area (Å²) in [6.45, 7) is 19.3. The van der Waals surface area contributed by atoms with Crippen molar-refractivity contribution in [2.75, 3.05) is 0 Å². The molecule has 0 N–H and O–H groups in total. The van der Waals surface area contributed by atoms with Crippen LogP contribution in [-0.2, 0) is 0 Å². The zero-order chi connectivity index (χ0) is 19.1. The van der Waals surface area contributed by atoms with Gasteiger partial charge in [-0.25, -0.2) is 0 Å². The standard InChI is InChI=1S/C26H46/c1-18(2)8-10-20(4)22-12-13-24-21-11-9-19(3)14-16-25(5,6)23(21)15-17-26(22,24)7/h19-24H,1,8-17H2,2-7H3. The van der Waals surface area contributed by atoms with E-state index in [0.717, 1.165) is 35.5 Å². The van der Waals surface area contributed by atoms with E-state index in [0.29, 0.717) is 10.8 Å².